The van der Waals surface area contributed by atoms with Crippen LogP contribution in [0.15, 0.2) is 48.5 Å². The van der Waals surface area contributed by atoms with Crippen LogP contribution in [0.25, 0.3) is 10.9 Å². The minimum absolute atomic E-state index is 0.133. The highest BCUT2D eigenvalue weighted by Gasteiger charge is 2.36. The van der Waals surface area contributed by atoms with Crippen molar-refractivity contribution in [2.45, 2.75) is 43.9 Å². The summed E-state index contributed by atoms with van der Waals surface area (Å²) in [6.45, 7) is 0. The lowest BCUT2D eigenvalue weighted by atomic mass is 9.90. The van der Waals surface area contributed by atoms with Crippen LogP contribution in [0.3, 0.4) is 0 Å². The summed E-state index contributed by atoms with van der Waals surface area (Å²) in [5.41, 5.74) is 0.567. The summed E-state index contributed by atoms with van der Waals surface area (Å²) in [6, 6.07) is 11.5. The topological polar surface area (TPSA) is 66.9 Å². The number of carbonyl (C=O) groups excluding carboxylic acids is 1. The van der Waals surface area contributed by atoms with Crippen LogP contribution in [-0.2, 0) is 6.18 Å². The van der Waals surface area contributed by atoms with E-state index in [2.05, 4.69) is 20.6 Å². The van der Waals surface area contributed by atoms with Crippen molar-refractivity contribution in [1.82, 2.24) is 15.3 Å². The molecule has 0 spiro atoms. The van der Waals surface area contributed by atoms with Gasteiger partial charge in [-0.1, -0.05) is 12.1 Å². The van der Waals surface area contributed by atoms with E-state index in [1.807, 2.05) is 0 Å². The molecule has 1 aromatic heterocycles. The van der Waals surface area contributed by atoms with Gasteiger partial charge in [-0.15, -0.1) is 0 Å². The van der Waals surface area contributed by atoms with Gasteiger partial charge < -0.3 is 10.6 Å². The quantitative estimate of drug-likeness (QED) is 0.573. The number of nitrogens with zero attached hydrogens (tertiary/aromatic N) is 2. The molecule has 0 bridgehead atoms. The minimum Gasteiger partial charge on any atom is -0.367 e. The van der Waals surface area contributed by atoms with E-state index in [0.29, 0.717) is 17.4 Å². The number of hydrogen-bond donors (Lipinski definition) is 2. The molecule has 0 radical (unpaired) electrons. The van der Waals surface area contributed by atoms with Gasteiger partial charge in [0.05, 0.1) is 5.52 Å². The van der Waals surface area contributed by atoms with E-state index in [9.17, 15) is 22.4 Å². The van der Waals surface area contributed by atoms with Gasteiger partial charge in [0.1, 0.15) is 11.6 Å². The number of anilines is 1. The van der Waals surface area contributed by atoms with E-state index < -0.39 is 17.8 Å². The van der Waals surface area contributed by atoms with Gasteiger partial charge in [-0.2, -0.15) is 13.2 Å². The largest absolute Gasteiger partial charge is 0.451 e. The van der Waals surface area contributed by atoms with E-state index in [1.54, 1.807) is 18.2 Å². The minimum atomic E-state index is -4.65. The number of rotatable bonds is 4. The van der Waals surface area contributed by atoms with Crippen molar-refractivity contribution in [3.8, 4) is 0 Å². The Morgan fingerprint density at radius 1 is 0.968 bits per heavy atom. The SMILES string of the molecule is O=C(NC1CCC[C@H](Nc2nc(C(F)(F)F)nc3ccccc23)C1)c1ccc(F)cc1. The number of alkyl halides is 3. The molecule has 3 aromatic rings. The van der Waals surface area contributed by atoms with E-state index in [1.165, 1.54) is 30.3 Å². The van der Waals surface area contributed by atoms with Crippen LogP contribution in [0.4, 0.5) is 23.4 Å². The van der Waals surface area contributed by atoms with Crippen molar-refractivity contribution in [2.24, 2.45) is 0 Å². The average Bonchev–Trinajstić information content (AvgIpc) is 2.74. The van der Waals surface area contributed by atoms with Gasteiger partial charge in [0.15, 0.2) is 0 Å². The van der Waals surface area contributed by atoms with Crippen molar-refractivity contribution in [3.63, 3.8) is 0 Å². The third kappa shape index (κ3) is 4.92. The monoisotopic (exact) mass is 432 g/mol. The van der Waals surface area contributed by atoms with Crippen LogP contribution < -0.4 is 10.6 Å². The Kier molecular flexibility index (Phi) is 5.75. The fraction of sp³-hybridized carbons (Fsp3) is 0.318. The Labute approximate surface area is 175 Å². The normalized spacial score (nSPS) is 19.2. The highest BCUT2D eigenvalue weighted by atomic mass is 19.4. The molecule has 31 heavy (non-hydrogen) atoms. The first-order valence-corrected chi connectivity index (χ1v) is 9.96. The summed E-state index contributed by atoms with van der Waals surface area (Å²) < 4.78 is 52.8. The van der Waals surface area contributed by atoms with Crippen molar-refractivity contribution in [3.05, 3.63) is 65.7 Å². The lowest BCUT2D eigenvalue weighted by molar-refractivity contribution is -0.144. The second-order valence-electron chi connectivity index (χ2n) is 7.60. The van der Waals surface area contributed by atoms with Crippen molar-refractivity contribution >= 4 is 22.6 Å². The van der Waals surface area contributed by atoms with Crippen molar-refractivity contribution in [1.29, 1.82) is 0 Å². The Morgan fingerprint density at radius 3 is 2.42 bits per heavy atom. The zero-order chi connectivity index (χ0) is 22.0. The van der Waals surface area contributed by atoms with Crippen LogP contribution in [0.1, 0.15) is 41.9 Å². The second kappa shape index (κ2) is 8.49. The van der Waals surface area contributed by atoms with Gasteiger partial charge in [-0.05, 0) is 62.1 Å². The number of amides is 1. The summed E-state index contributed by atoms with van der Waals surface area (Å²) in [5.74, 6) is -1.79. The van der Waals surface area contributed by atoms with Crippen LogP contribution in [0.5, 0.6) is 0 Å². The van der Waals surface area contributed by atoms with Crippen LogP contribution in [0.2, 0.25) is 0 Å². The maximum absolute atomic E-state index is 13.2. The highest BCUT2D eigenvalue weighted by molar-refractivity contribution is 5.94. The number of nitrogens with one attached hydrogen (secondary N) is 2. The lowest BCUT2D eigenvalue weighted by Crippen LogP contribution is -2.42. The number of para-hydroxylation sites is 1. The van der Waals surface area contributed by atoms with Gasteiger partial charge in [0, 0.05) is 23.0 Å². The molecule has 2 atom stereocenters. The first kappa shape index (κ1) is 21.0. The van der Waals surface area contributed by atoms with E-state index in [4.69, 9.17) is 0 Å². The molecule has 9 heteroatoms. The fourth-order valence-electron chi connectivity index (χ4n) is 3.83. The number of fused-ring (bicyclic) bond motifs is 1. The molecule has 1 saturated carbocycles. The van der Waals surface area contributed by atoms with Gasteiger partial charge in [0.25, 0.3) is 5.91 Å². The summed E-state index contributed by atoms with van der Waals surface area (Å²) in [4.78, 5) is 19.8. The van der Waals surface area contributed by atoms with Crippen molar-refractivity contribution in [2.75, 3.05) is 5.32 Å². The molecule has 1 unspecified atom stereocenters. The van der Waals surface area contributed by atoms with E-state index in [-0.39, 0.29) is 29.3 Å². The van der Waals surface area contributed by atoms with Gasteiger partial charge >= 0.3 is 6.18 Å². The molecule has 1 aliphatic carbocycles. The zero-order valence-electron chi connectivity index (χ0n) is 16.4. The molecule has 0 aliphatic heterocycles. The first-order chi connectivity index (χ1) is 14.8. The van der Waals surface area contributed by atoms with Crippen molar-refractivity contribution < 1.29 is 22.4 Å². The van der Waals surface area contributed by atoms with E-state index in [0.717, 1.165) is 19.3 Å². The molecule has 5 nitrogen and oxygen atoms in total. The maximum Gasteiger partial charge on any atom is 0.451 e. The number of carbonyl (C=O) groups is 1. The molecule has 2 N–H and O–H groups in total. The van der Waals surface area contributed by atoms with Gasteiger partial charge in [-0.3, -0.25) is 4.79 Å². The Hall–Kier alpha value is -3.23. The Morgan fingerprint density at radius 2 is 1.68 bits per heavy atom. The Bertz CT molecular complexity index is 1090. The number of halogens is 4. The van der Waals surface area contributed by atoms with Crippen LogP contribution >= 0.6 is 0 Å². The van der Waals surface area contributed by atoms with Gasteiger partial charge in [-0.25, -0.2) is 14.4 Å². The predicted molar refractivity (Wildman–Crippen MR) is 108 cm³/mol. The second-order valence-corrected chi connectivity index (χ2v) is 7.60. The highest BCUT2D eigenvalue weighted by Crippen LogP contribution is 2.31. The third-order valence-corrected chi connectivity index (χ3v) is 5.31. The molecular weight excluding hydrogens is 412 g/mol. The predicted octanol–water partition coefficient (Wildman–Crippen LogP) is 4.94. The molecule has 1 amide bonds. The number of aromatic nitrogens is 2. The molecule has 1 heterocycles. The Balaban J connectivity index is 1.50. The number of hydrogen-bond acceptors (Lipinski definition) is 4. The smallest absolute Gasteiger partial charge is 0.367 e. The van der Waals surface area contributed by atoms with E-state index >= 15 is 0 Å². The summed E-state index contributed by atoms with van der Waals surface area (Å²) in [5, 5.41) is 6.57. The number of benzene rings is 2. The van der Waals surface area contributed by atoms with Crippen LogP contribution in [0, 0.1) is 5.82 Å². The van der Waals surface area contributed by atoms with Crippen LogP contribution in [-0.4, -0.2) is 28.0 Å². The average molecular weight is 432 g/mol. The zero-order valence-corrected chi connectivity index (χ0v) is 16.4. The first-order valence-electron chi connectivity index (χ1n) is 9.96. The van der Waals surface area contributed by atoms with Gasteiger partial charge in [0.2, 0.25) is 5.82 Å². The third-order valence-electron chi connectivity index (χ3n) is 5.31. The molecule has 1 fully saturated rings. The molecule has 0 saturated heterocycles. The molecule has 2 aromatic carbocycles. The fourth-order valence-corrected chi connectivity index (χ4v) is 3.83. The molecule has 4 rings (SSSR count). The summed E-state index contributed by atoms with van der Waals surface area (Å²) >= 11 is 0. The summed E-state index contributed by atoms with van der Waals surface area (Å²) in [7, 11) is 0. The lowest BCUT2D eigenvalue weighted by Gasteiger charge is -2.31. The standard InChI is InChI=1S/C22H20F4N4O/c23-14-10-8-13(9-11-14)20(31)28-16-5-3-4-15(12-16)27-19-17-6-1-2-7-18(17)29-21(30-19)22(24,25)26/h1-2,6-11,15-16H,3-5,12H2,(H,28,31)(H,27,29,30)/t15-,16?/m0/s1. The maximum atomic E-state index is 13.2. The molecule has 1 aliphatic rings. The summed E-state index contributed by atoms with van der Waals surface area (Å²) in [6.07, 6.45) is -1.83. The molecule has 162 valence electrons. The molecular formula is C22H20F4N4O.